The third kappa shape index (κ3) is 12.2. The first kappa shape index (κ1) is 71.9. The van der Waals surface area contributed by atoms with Gasteiger partial charge >= 0.3 is 0 Å². The van der Waals surface area contributed by atoms with E-state index in [1.54, 1.807) is 67.6 Å². The van der Waals surface area contributed by atoms with Crippen LogP contribution in [0.5, 0.6) is 23.0 Å². The fourth-order valence-corrected chi connectivity index (χ4v) is 16.6. The Labute approximate surface area is 639 Å². The summed E-state index contributed by atoms with van der Waals surface area (Å²) in [4.78, 5) is 1.95. The summed E-state index contributed by atoms with van der Waals surface area (Å²) in [7, 11) is 0. The summed E-state index contributed by atoms with van der Waals surface area (Å²) in [5.74, 6) is -8.02. The van der Waals surface area contributed by atoms with Gasteiger partial charge in [0.05, 0.1) is 10.8 Å². The second-order valence-electron chi connectivity index (χ2n) is 27.9. The summed E-state index contributed by atoms with van der Waals surface area (Å²) in [5.41, 5.74) is 10.5. The highest BCUT2D eigenvalue weighted by molar-refractivity contribution is 5.93. The van der Waals surface area contributed by atoms with Crippen molar-refractivity contribution < 1.29 is 44.6 Å². The molecule has 0 saturated carbocycles. The number of halogens is 8. The zero-order valence-electron chi connectivity index (χ0n) is 60.5. The Morgan fingerprint density at radius 3 is 1.25 bits per heavy atom. The minimum Gasteiger partial charge on any atom is -0.457 e. The number of hydrogen-bond acceptors (Lipinski definition) is 3. The van der Waals surface area contributed by atoms with Crippen molar-refractivity contribution in [2.45, 2.75) is 37.0 Å². The van der Waals surface area contributed by atoms with E-state index in [4.69, 9.17) is 9.47 Å². The second kappa shape index (κ2) is 29.0. The van der Waals surface area contributed by atoms with Crippen LogP contribution in [-0.4, -0.2) is 0 Å². The molecule has 0 fully saturated rings. The standard InChI is InChI=1S/C100H69F8NO2/c1-8-61-22-46-75(47-23-61)110-77-50-33-68(34-51-77)99(92-80(11-4)90(59(5)6)94(104)98(108)96(92)106)86-18-14-12-16-81(86)83-54-32-67(57-88(83)99)85(66-28-37-70(101)38-29-66)56-63-20-26-64(27-21-63)65-30-41-72(42-31-65)109(73-43-39-71(102)40-44-73)74-45-55-84-82-17-13-15-19-87(82)100(89(84)58-74,91-79(10-3)60(7)93(103)97(107)95(91)105)69-35-52-78(53-36-69)111-76-48-24-62(9-2)25-49-76/h8-55,57-58,85H,1-5,56H2,6-7H3. The molecule has 3 nitrogen and oxygen atoms in total. The van der Waals surface area contributed by atoms with E-state index in [-0.39, 0.29) is 39.0 Å². The minimum atomic E-state index is -1.66. The van der Waals surface area contributed by atoms with Gasteiger partial charge in [-0.2, -0.15) is 0 Å². The van der Waals surface area contributed by atoms with Crippen LogP contribution < -0.4 is 14.4 Å². The zero-order chi connectivity index (χ0) is 77.1. The summed E-state index contributed by atoms with van der Waals surface area (Å²) in [6.45, 7) is 22.8. The average Bonchev–Trinajstić information content (AvgIpc) is 1.55. The molecule has 542 valence electrons. The molecule has 3 atom stereocenters. The maximum atomic E-state index is 17.9. The van der Waals surface area contributed by atoms with Crippen molar-refractivity contribution in [2.24, 2.45) is 0 Å². The molecule has 3 unspecified atom stereocenters. The first-order valence-electron chi connectivity index (χ1n) is 36.2. The van der Waals surface area contributed by atoms with Crippen molar-refractivity contribution >= 4 is 46.9 Å². The van der Waals surface area contributed by atoms with Gasteiger partial charge in [-0.15, -0.1) is 0 Å². The molecule has 2 aliphatic rings. The van der Waals surface area contributed by atoms with Crippen LogP contribution >= 0.6 is 0 Å². The number of benzene rings is 14. The van der Waals surface area contributed by atoms with E-state index in [0.717, 1.165) is 55.6 Å². The molecule has 14 aromatic rings. The van der Waals surface area contributed by atoms with Gasteiger partial charge in [0.2, 0.25) is 0 Å². The Balaban J connectivity index is 0.780. The Hall–Kier alpha value is -13.4. The summed E-state index contributed by atoms with van der Waals surface area (Å²) in [5, 5.41) is 0. The van der Waals surface area contributed by atoms with E-state index in [2.05, 4.69) is 32.9 Å². The number of ether oxygens (including phenoxy) is 2. The summed E-state index contributed by atoms with van der Waals surface area (Å²) >= 11 is 0. The molecule has 0 amide bonds. The Bertz CT molecular complexity index is 6050. The molecule has 0 saturated heterocycles. The van der Waals surface area contributed by atoms with Gasteiger partial charge in [0.15, 0.2) is 34.9 Å². The summed E-state index contributed by atoms with van der Waals surface area (Å²) < 4.78 is 144. The van der Waals surface area contributed by atoms with Crippen molar-refractivity contribution in [2.75, 3.05) is 4.90 Å². The molecule has 0 aliphatic heterocycles. The normalized spacial score (nSPS) is 14.6. The van der Waals surface area contributed by atoms with E-state index >= 15 is 35.1 Å². The van der Waals surface area contributed by atoms with Gasteiger partial charge in [-0.1, -0.05) is 227 Å². The fraction of sp³-hybridized carbons (Fsp3) is 0.0600. The lowest BCUT2D eigenvalue weighted by atomic mass is 9.65. The number of hydrogen-bond donors (Lipinski definition) is 0. The quantitative estimate of drug-likeness (QED) is 0.0529. The van der Waals surface area contributed by atoms with Crippen molar-refractivity contribution in [1.82, 2.24) is 0 Å². The molecule has 0 N–H and O–H groups in total. The van der Waals surface area contributed by atoms with Crippen LogP contribution in [0.15, 0.2) is 312 Å². The summed E-state index contributed by atoms with van der Waals surface area (Å²) in [6, 6.07) is 84.4. The molecule has 14 aromatic carbocycles. The number of rotatable bonds is 21. The molecule has 0 heterocycles. The van der Waals surface area contributed by atoms with E-state index in [9.17, 15) is 0 Å². The van der Waals surface area contributed by atoms with Gasteiger partial charge in [0.25, 0.3) is 0 Å². The molecule has 111 heavy (non-hydrogen) atoms. The largest absolute Gasteiger partial charge is 0.457 e. The molecule has 16 rings (SSSR count). The van der Waals surface area contributed by atoms with Crippen molar-refractivity contribution in [3.8, 4) is 56.4 Å². The predicted octanol–water partition coefficient (Wildman–Crippen LogP) is 27.5. The van der Waals surface area contributed by atoms with Crippen molar-refractivity contribution in [3.05, 3.63) is 453 Å². The fourth-order valence-electron chi connectivity index (χ4n) is 16.6. The number of fused-ring (bicyclic) bond motifs is 6. The van der Waals surface area contributed by atoms with E-state index in [1.807, 2.05) is 211 Å². The lowest BCUT2D eigenvalue weighted by Gasteiger charge is -2.36. The molecule has 0 radical (unpaired) electrons. The van der Waals surface area contributed by atoms with Crippen molar-refractivity contribution in [1.29, 1.82) is 0 Å². The van der Waals surface area contributed by atoms with Crippen LogP contribution in [-0.2, 0) is 17.3 Å². The highest BCUT2D eigenvalue weighted by Crippen LogP contribution is 2.62. The smallest absolute Gasteiger partial charge is 0.195 e. The molecule has 0 bridgehead atoms. The lowest BCUT2D eigenvalue weighted by Crippen LogP contribution is -2.32. The average molecular weight is 1470 g/mol. The molecule has 2 aliphatic carbocycles. The van der Waals surface area contributed by atoms with E-state index in [1.165, 1.54) is 43.3 Å². The predicted molar refractivity (Wildman–Crippen MR) is 432 cm³/mol. The molecular weight excluding hydrogens is 1400 g/mol. The maximum Gasteiger partial charge on any atom is 0.195 e. The van der Waals surface area contributed by atoms with Crippen LogP contribution in [0, 0.1) is 53.5 Å². The number of anilines is 3. The topological polar surface area (TPSA) is 21.7 Å². The monoisotopic (exact) mass is 1470 g/mol. The zero-order valence-corrected chi connectivity index (χ0v) is 60.5. The molecule has 0 aromatic heterocycles. The van der Waals surface area contributed by atoms with Gasteiger partial charge in [-0.25, -0.2) is 35.1 Å². The van der Waals surface area contributed by atoms with Crippen LogP contribution in [0.2, 0.25) is 0 Å². The van der Waals surface area contributed by atoms with Crippen LogP contribution in [0.3, 0.4) is 0 Å². The first-order chi connectivity index (χ1) is 53.9. The third-order valence-corrected chi connectivity index (χ3v) is 21.8. The first-order valence-corrected chi connectivity index (χ1v) is 36.2. The van der Waals surface area contributed by atoms with Gasteiger partial charge in [0.1, 0.15) is 34.6 Å². The number of nitrogens with zero attached hydrogens (tertiary/aromatic N) is 1. The second-order valence-corrected chi connectivity index (χ2v) is 27.9. The lowest BCUT2D eigenvalue weighted by molar-refractivity contribution is 0.431. The van der Waals surface area contributed by atoms with Gasteiger partial charge in [-0.3, -0.25) is 0 Å². The van der Waals surface area contributed by atoms with Gasteiger partial charge in [-0.05, 0) is 246 Å². The highest BCUT2D eigenvalue weighted by atomic mass is 19.2. The number of allylic oxidation sites excluding steroid dienone is 1. The SMILES string of the molecule is C=Cc1ccc(Oc2ccc(C3(c4c(F)c(F)c(F)c(C)c4C=C)c4ccccc4-c4ccc(N(c5ccc(F)cc5)c5ccc(-c6ccc(CC(c7ccc(F)cc7)c7ccc8c(c7)C(c7ccc(Oc9ccc(C=C)cc9)cc7)(c7c(F)c(F)c(F)c(C(=C)C)c7C=C)c7ccccc7-8)cc6)cc5)cc43)cc2)cc1. The van der Waals surface area contributed by atoms with Crippen LogP contribution in [0.4, 0.5) is 52.2 Å². The molecule has 11 heteroatoms. The molecule has 0 spiro atoms. The minimum absolute atomic E-state index is 0.0374. The maximum absolute atomic E-state index is 17.9. The van der Waals surface area contributed by atoms with Crippen molar-refractivity contribution in [3.63, 3.8) is 0 Å². The van der Waals surface area contributed by atoms with Gasteiger partial charge < -0.3 is 14.4 Å². The highest BCUT2D eigenvalue weighted by Gasteiger charge is 2.52. The van der Waals surface area contributed by atoms with Crippen LogP contribution in [0.1, 0.15) is 107 Å². The van der Waals surface area contributed by atoms with Gasteiger partial charge in [0, 0.05) is 39.7 Å². The van der Waals surface area contributed by atoms with E-state index < -0.39 is 63.3 Å². The molecular formula is C100H69F8NO2. The summed E-state index contributed by atoms with van der Waals surface area (Å²) in [6.07, 6.45) is 6.58. The third-order valence-electron chi connectivity index (χ3n) is 21.8. The van der Waals surface area contributed by atoms with E-state index in [0.29, 0.717) is 85.4 Å². The Kier molecular flexibility index (Phi) is 18.8. The van der Waals surface area contributed by atoms with Crippen LogP contribution in [0.25, 0.3) is 63.3 Å². The Morgan fingerprint density at radius 1 is 0.378 bits per heavy atom. The Morgan fingerprint density at radius 2 is 0.775 bits per heavy atom.